The number of hydrogen-bond donors (Lipinski definition) is 2. The maximum Gasteiger partial charge on any atom is 0.251 e. The summed E-state index contributed by atoms with van der Waals surface area (Å²) in [5.74, 6) is -0.173. The molecule has 43 heavy (non-hydrogen) atoms. The van der Waals surface area contributed by atoms with Crippen LogP contribution in [0.3, 0.4) is 0 Å². The number of piperidine rings is 1. The van der Waals surface area contributed by atoms with Crippen molar-refractivity contribution in [2.75, 3.05) is 40.0 Å². The van der Waals surface area contributed by atoms with Crippen LogP contribution in [0.15, 0.2) is 54.7 Å². The number of morpholine rings is 1. The Balaban J connectivity index is 1.22. The molecule has 0 saturated carbocycles. The van der Waals surface area contributed by atoms with E-state index in [2.05, 4.69) is 20.5 Å². The highest BCUT2D eigenvalue weighted by molar-refractivity contribution is 6.01. The van der Waals surface area contributed by atoms with E-state index in [0.29, 0.717) is 62.6 Å². The van der Waals surface area contributed by atoms with E-state index in [1.165, 1.54) is 13.2 Å². The Morgan fingerprint density at radius 2 is 1.98 bits per heavy atom. The van der Waals surface area contributed by atoms with Crippen molar-refractivity contribution < 1.29 is 23.5 Å². The molecule has 0 radical (unpaired) electrons. The van der Waals surface area contributed by atoms with E-state index >= 15 is 0 Å². The number of carbonyl (C=O) groups is 2. The van der Waals surface area contributed by atoms with Gasteiger partial charge < -0.3 is 19.7 Å². The molecule has 2 aliphatic heterocycles. The number of H-pyrrole nitrogens is 1. The number of carbonyl (C=O) groups excluding carboxylic acids is 2. The normalized spacial score (nSPS) is 19.4. The van der Waals surface area contributed by atoms with Gasteiger partial charge in [-0.15, -0.1) is 0 Å². The van der Waals surface area contributed by atoms with Crippen LogP contribution in [0.25, 0.3) is 22.2 Å². The molecule has 2 aliphatic rings. The predicted octanol–water partition coefficient (Wildman–Crippen LogP) is 3.70. The van der Waals surface area contributed by atoms with Crippen LogP contribution in [-0.2, 0) is 16.1 Å². The summed E-state index contributed by atoms with van der Waals surface area (Å²) in [5, 5.41) is 11.5. The van der Waals surface area contributed by atoms with Gasteiger partial charge in [-0.3, -0.25) is 24.6 Å². The molecular weight excluding hydrogens is 551 g/mol. The number of aromatic amines is 1. The first-order valence-corrected chi connectivity index (χ1v) is 14.5. The van der Waals surface area contributed by atoms with Gasteiger partial charge in [0.2, 0.25) is 5.91 Å². The Hall–Kier alpha value is -4.35. The Morgan fingerprint density at radius 3 is 2.77 bits per heavy atom. The Kier molecular flexibility index (Phi) is 8.35. The summed E-state index contributed by atoms with van der Waals surface area (Å²) in [7, 11) is 1.51. The van der Waals surface area contributed by atoms with Crippen molar-refractivity contribution in [1.82, 2.24) is 30.3 Å². The third-order valence-corrected chi connectivity index (χ3v) is 8.28. The minimum Gasteiger partial charge on any atom is -0.496 e. The summed E-state index contributed by atoms with van der Waals surface area (Å²) in [6, 6.07) is 13.4. The van der Waals surface area contributed by atoms with Crippen LogP contribution in [0, 0.1) is 12.7 Å². The number of rotatable bonds is 7. The highest BCUT2D eigenvalue weighted by Crippen LogP contribution is 2.29. The Labute approximate surface area is 249 Å². The zero-order valence-corrected chi connectivity index (χ0v) is 24.3. The van der Waals surface area contributed by atoms with Gasteiger partial charge in [0.05, 0.1) is 31.9 Å². The lowest BCUT2D eigenvalue weighted by atomic mass is 9.95. The second-order valence-electron chi connectivity index (χ2n) is 11.1. The molecule has 2 atom stereocenters. The summed E-state index contributed by atoms with van der Waals surface area (Å²) in [6.45, 7) is 4.56. The Bertz CT molecular complexity index is 1640. The van der Waals surface area contributed by atoms with Crippen molar-refractivity contribution in [1.29, 1.82) is 0 Å². The van der Waals surface area contributed by atoms with Gasteiger partial charge in [0.25, 0.3) is 5.91 Å². The number of nitrogens with zero attached hydrogens (tertiary/aromatic N) is 4. The minimum absolute atomic E-state index is 0.00710. The second kappa shape index (κ2) is 12.5. The summed E-state index contributed by atoms with van der Waals surface area (Å²) >= 11 is 0. The molecule has 2 aromatic heterocycles. The molecule has 6 rings (SSSR count). The number of nitrogens with one attached hydrogen (secondary N) is 2. The molecule has 2 N–H and O–H groups in total. The molecule has 0 spiro atoms. The fourth-order valence-electron chi connectivity index (χ4n) is 6.03. The molecule has 224 valence electrons. The molecule has 2 saturated heterocycles. The predicted molar refractivity (Wildman–Crippen MR) is 159 cm³/mol. The third kappa shape index (κ3) is 6.09. The van der Waals surface area contributed by atoms with Crippen LogP contribution < -0.4 is 10.1 Å². The van der Waals surface area contributed by atoms with E-state index in [4.69, 9.17) is 9.47 Å². The standard InChI is InChI=1S/C32H35FN6O4/c1-20-16-21(10-11-34-20)30-24-17-22(6-8-27(24)36-37-30)31(40)35-23-7-9-28(32(41)38-12-14-43-15-13-38)39(18-23)19-25-26(33)4-3-5-29(25)42-2/h3-6,8,10-11,16-17,23,28H,7,9,12-15,18-19H2,1-2H3,(H,35,40)(H,36,37)/t23-,28+/m1/s1. The molecular formula is C32H35FN6O4. The lowest BCUT2D eigenvalue weighted by molar-refractivity contribution is -0.143. The van der Waals surface area contributed by atoms with Gasteiger partial charge in [-0.1, -0.05) is 6.07 Å². The fourth-order valence-corrected chi connectivity index (χ4v) is 6.03. The zero-order chi connectivity index (χ0) is 29.9. The molecule has 4 heterocycles. The number of aromatic nitrogens is 3. The first-order valence-electron chi connectivity index (χ1n) is 14.5. The van der Waals surface area contributed by atoms with E-state index in [1.807, 2.05) is 41.0 Å². The van der Waals surface area contributed by atoms with Crippen LogP contribution in [0.1, 0.15) is 34.5 Å². The lowest BCUT2D eigenvalue weighted by Gasteiger charge is -2.41. The number of benzene rings is 2. The smallest absolute Gasteiger partial charge is 0.251 e. The topological polar surface area (TPSA) is 113 Å². The molecule has 2 fully saturated rings. The van der Waals surface area contributed by atoms with Gasteiger partial charge in [0.1, 0.15) is 17.3 Å². The number of amides is 2. The quantitative estimate of drug-likeness (QED) is 0.340. The van der Waals surface area contributed by atoms with Gasteiger partial charge >= 0.3 is 0 Å². The van der Waals surface area contributed by atoms with Crippen LogP contribution in [0.4, 0.5) is 4.39 Å². The van der Waals surface area contributed by atoms with Gasteiger partial charge in [-0.25, -0.2) is 4.39 Å². The largest absolute Gasteiger partial charge is 0.496 e. The number of aryl methyl sites for hydroxylation is 1. The highest BCUT2D eigenvalue weighted by Gasteiger charge is 2.37. The van der Waals surface area contributed by atoms with E-state index in [-0.39, 0.29) is 24.4 Å². The van der Waals surface area contributed by atoms with E-state index < -0.39 is 11.9 Å². The zero-order valence-electron chi connectivity index (χ0n) is 24.3. The van der Waals surface area contributed by atoms with Gasteiger partial charge in [0.15, 0.2) is 0 Å². The third-order valence-electron chi connectivity index (χ3n) is 8.28. The number of fused-ring (bicyclic) bond motifs is 1. The SMILES string of the molecule is COc1cccc(F)c1CN1C[C@H](NC(=O)c2ccc3[nH]nc(-c4ccnc(C)c4)c3c2)CC[C@H]1C(=O)N1CCOCC1. The van der Waals surface area contributed by atoms with Gasteiger partial charge in [-0.05, 0) is 62.2 Å². The molecule has 0 bridgehead atoms. The Morgan fingerprint density at radius 1 is 1.14 bits per heavy atom. The monoisotopic (exact) mass is 586 g/mol. The molecule has 0 aliphatic carbocycles. The van der Waals surface area contributed by atoms with Gasteiger partial charge in [-0.2, -0.15) is 5.10 Å². The number of halogens is 1. The van der Waals surface area contributed by atoms with E-state index in [1.54, 1.807) is 24.4 Å². The minimum atomic E-state index is -0.441. The first-order chi connectivity index (χ1) is 20.9. The maximum atomic E-state index is 15.0. The van der Waals surface area contributed by atoms with Crippen LogP contribution >= 0.6 is 0 Å². The number of hydrogen-bond acceptors (Lipinski definition) is 7. The van der Waals surface area contributed by atoms with Crippen molar-refractivity contribution in [3.8, 4) is 17.0 Å². The number of pyridine rings is 1. The van der Waals surface area contributed by atoms with Crippen molar-refractivity contribution in [2.24, 2.45) is 0 Å². The van der Waals surface area contributed by atoms with Crippen molar-refractivity contribution in [2.45, 2.75) is 38.4 Å². The first kappa shape index (κ1) is 28.8. The van der Waals surface area contributed by atoms with Crippen molar-refractivity contribution in [3.05, 3.63) is 77.4 Å². The molecule has 11 heteroatoms. The number of ether oxygens (including phenoxy) is 2. The molecule has 4 aromatic rings. The summed E-state index contributed by atoms with van der Waals surface area (Å²) in [5.41, 5.74) is 4.27. The summed E-state index contributed by atoms with van der Waals surface area (Å²) in [4.78, 5) is 35.2. The summed E-state index contributed by atoms with van der Waals surface area (Å²) in [6.07, 6.45) is 2.89. The lowest BCUT2D eigenvalue weighted by Crippen LogP contribution is -2.58. The number of likely N-dealkylation sites (tertiary alicyclic amines) is 1. The fraction of sp³-hybridized carbons (Fsp3) is 0.375. The molecule has 0 unspecified atom stereocenters. The highest BCUT2D eigenvalue weighted by atomic mass is 19.1. The molecule has 2 amide bonds. The second-order valence-corrected chi connectivity index (χ2v) is 11.1. The van der Waals surface area contributed by atoms with Crippen molar-refractivity contribution in [3.63, 3.8) is 0 Å². The summed E-state index contributed by atoms with van der Waals surface area (Å²) < 4.78 is 25.9. The van der Waals surface area contributed by atoms with E-state index in [0.717, 1.165) is 27.9 Å². The van der Waals surface area contributed by atoms with Crippen LogP contribution in [0.5, 0.6) is 5.75 Å². The van der Waals surface area contributed by atoms with E-state index in [9.17, 15) is 14.0 Å². The molecule has 10 nitrogen and oxygen atoms in total. The van der Waals surface area contributed by atoms with Crippen molar-refractivity contribution >= 4 is 22.7 Å². The van der Waals surface area contributed by atoms with Gasteiger partial charge in [0, 0.05) is 66.2 Å². The average Bonchev–Trinajstić information content (AvgIpc) is 3.46. The molecule has 2 aromatic carbocycles. The van der Waals surface area contributed by atoms with Crippen LogP contribution in [-0.4, -0.2) is 88.8 Å². The number of methoxy groups -OCH3 is 1. The maximum absolute atomic E-state index is 15.0. The average molecular weight is 587 g/mol. The van der Waals surface area contributed by atoms with Crippen LogP contribution in [0.2, 0.25) is 0 Å².